The van der Waals surface area contributed by atoms with Crippen LogP contribution in [0.3, 0.4) is 0 Å². The maximum Gasteiger partial charge on any atom is 0.268 e. The van der Waals surface area contributed by atoms with E-state index in [2.05, 4.69) is 5.32 Å². The third kappa shape index (κ3) is 3.27. The molecule has 0 saturated heterocycles. The number of aromatic nitrogens is 1. The third-order valence-corrected chi connectivity index (χ3v) is 3.68. The summed E-state index contributed by atoms with van der Waals surface area (Å²) in [6.45, 7) is 5.70. The van der Waals surface area contributed by atoms with E-state index in [1.54, 1.807) is 25.1 Å². The van der Waals surface area contributed by atoms with Crippen LogP contribution < -0.4 is 5.32 Å². The van der Waals surface area contributed by atoms with Crippen LogP contribution in [0.1, 0.15) is 48.9 Å². The lowest BCUT2D eigenvalue weighted by Gasteiger charge is -2.18. The van der Waals surface area contributed by atoms with Crippen molar-refractivity contribution in [3.05, 3.63) is 58.6 Å². The summed E-state index contributed by atoms with van der Waals surface area (Å²) in [6, 6.07) is 7.70. The Balaban J connectivity index is 2.21. The van der Waals surface area contributed by atoms with Crippen molar-refractivity contribution in [2.45, 2.75) is 32.9 Å². The van der Waals surface area contributed by atoms with Gasteiger partial charge in [0.1, 0.15) is 11.5 Å². The van der Waals surface area contributed by atoms with Gasteiger partial charge in [0, 0.05) is 22.8 Å². The highest BCUT2D eigenvalue weighted by atomic mass is 35.5. The van der Waals surface area contributed by atoms with Crippen LogP contribution in [-0.4, -0.2) is 10.5 Å². The molecular formula is C16H18ClFN2O. The number of rotatable bonds is 4. The summed E-state index contributed by atoms with van der Waals surface area (Å²) in [7, 11) is 0. The Labute approximate surface area is 128 Å². The van der Waals surface area contributed by atoms with Gasteiger partial charge in [-0.05, 0) is 45.0 Å². The lowest BCUT2D eigenvalue weighted by atomic mass is 10.1. The van der Waals surface area contributed by atoms with Crippen LogP contribution in [0.4, 0.5) is 4.39 Å². The van der Waals surface area contributed by atoms with Crippen molar-refractivity contribution in [1.29, 1.82) is 0 Å². The van der Waals surface area contributed by atoms with E-state index in [1.807, 2.05) is 30.7 Å². The highest BCUT2D eigenvalue weighted by Gasteiger charge is 2.19. The number of halogens is 2. The van der Waals surface area contributed by atoms with E-state index in [4.69, 9.17) is 11.6 Å². The van der Waals surface area contributed by atoms with E-state index in [0.717, 1.165) is 0 Å². The minimum absolute atomic E-state index is 0.174. The van der Waals surface area contributed by atoms with E-state index >= 15 is 0 Å². The molecular weight excluding hydrogens is 291 g/mol. The van der Waals surface area contributed by atoms with Crippen molar-refractivity contribution in [3.63, 3.8) is 0 Å². The highest BCUT2D eigenvalue weighted by molar-refractivity contribution is 6.31. The van der Waals surface area contributed by atoms with Crippen molar-refractivity contribution in [3.8, 4) is 0 Å². The summed E-state index contributed by atoms with van der Waals surface area (Å²) < 4.78 is 15.7. The maximum absolute atomic E-state index is 13.9. The van der Waals surface area contributed by atoms with Crippen molar-refractivity contribution in [2.24, 2.45) is 0 Å². The monoisotopic (exact) mass is 308 g/mol. The average Bonchev–Trinajstić information content (AvgIpc) is 2.87. The summed E-state index contributed by atoms with van der Waals surface area (Å²) >= 11 is 6.02. The molecule has 21 heavy (non-hydrogen) atoms. The fourth-order valence-corrected chi connectivity index (χ4v) is 2.63. The Kier molecular flexibility index (Phi) is 4.68. The lowest BCUT2D eigenvalue weighted by Crippen LogP contribution is -2.29. The molecule has 112 valence electrons. The zero-order chi connectivity index (χ0) is 15.6. The van der Waals surface area contributed by atoms with Gasteiger partial charge in [-0.15, -0.1) is 0 Å². The number of amides is 1. The predicted molar refractivity (Wildman–Crippen MR) is 82.1 cm³/mol. The highest BCUT2D eigenvalue weighted by Crippen LogP contribution is 2.26. The van der Waals surface area contributed by atoms with E-state index in [0.29, 0.717) is 16.3 Å². The fraction of sp³-hybridized carbons (Fsp3) is 0.312. The van der Waals surface area contributed by atoms with Crippen LogP contribution in [0.5, 0.6) is 0 Å². The molecule has 0 spiro atoms. The zero-order valence-electron chi connectivity index (χ0n) is 12.2. The van der Waals surface area contributed by atoms with Crippen LogP contribution >= 0.6 is 11.6 Å². The summed E-state index contributed by atoms with van der Waals surface area (Å²) in [4.78, 5) is 12.3. The van der Waals surface area contributed by atoms with Crippen LogP contribution in [0.15, 0.2) is 36.5 Å². The molecule has 0 bridgehead atoms. The van der Waals surface area contributed by atoms with Crippen molar-refractivity contribution < 1.29 is 9.18 Å². The molecule has 0 saturated carbocycles. The van der Waals surface area contributed by atoms with Gasteiger partial charge in [0.2, 0.25) is 0 Å². The van der Waals surface area contributed by atoms with E-state index in [-0.39, 0.29) is 11.9 Å². The van der Waals surface area contributed by atoms with Gasteiger partial charge in [-0.25, -0.2) is 4.39 Å². The van der Waals surface area contributed by atoms with Gasteiger partial charge >= 0.3 is 0 Å². The molecule has 0 radical (unpaired) electrons. The maximum atomic E-state index is 13.9. The van der Waals surface area contributed by atoms with Gasteiger partial charge < -0.3 is 9.88 Å². The SMILES string of the molecule is CC(C)n1cccc1C(=O)N[C@@H](C)c1c(F)cccc1Cl. The zero-order valence-corrected chi connectivity index (χ0v) is 13.0. The molecule has 0 unspecified atom stereocenters. The van der Waals surface area contributed by atoms with Gasteiger partial charge in [-0.1, -0.05) is 17.7 Å². The largest absolute Gasteiger partial charge is 0.344 e. The second-order valence-corrected chi connectivity index (χ2v) is 5.63. The minimum atomic E-state index is -0.512. The second kappa shape index (κ2) is 6.31. The molecule has 0 fully saturated rings. The molecule has 0 aliphatic heterocycles. The Hall–Kier alpha value is -1.81. The molecule has 2 rings (SSSR count). The number of carbonyl (C=O) groups excluding carboxylic acids is 1. The predicted octanol–water partition coefficient (Wildman–Crippen LogP) is 4.35. The topological polar surface area (TPSA) is 34.0 Å². The molecule has 3 nitrogen and oxygen atoms in total. The molecule has 1 heterocycles. The molecule has 0 aliphatic carbocycles. The smallest absolute Gasteiger partial charge is 0.268 e. The lowest BCUT2D eigenvalue weighted by molar-refractivity contribution is 0.0928. The molecule has 5 heteroatoms. The summed E-state index contributed by atoms with van der Waals surface area (Å²) in [5.41, 5.74) is 0.847. The van der Waals surface area contributed by atoms with E-state index in [9.17, 15) is 9.18 Å². The van der Waals surface area contributed by atoms with Gasteiger partial charge in [-0.3, -0.25) is 4.79 Å². The van der Waals surface area contributed by atoms with E-state index in [1.165, 1.54) is 6.07 Å². The quantitative estimate of drug-likeness (QED) is 0.895. The van der Waals surface area contributed by atoms with Crippen LogP contribution in [0.25, 0.3) is 0 Å². The first-order valence-corrected chi connectivity index (χ1v) is 7.21. The number of nitrogens with zero attached hydrogens (tertiary/aromatic N) is 1. The van der Waals surface area contributed by atoms with Crippen LogP contribution in [0, 0.1) is 5.82 Å². The van der Waals surface area contributed by atoms with Crippen LogP contribution in [0.2, 0.25) is 5.02 Å². The standard InChI is InChI=1S/C16H18ClFN2O/c1-10(2)20-9-5-8-14(20)16(21)19-11(3)15-12(17)6-4-7-13(15)18/h4-11H,1-3H3,(H,19,21)/t11-/m0/s1. The fourth-order valence-electron chi connectivity index (χ4n) is 2.30. The molecule has 2 aromatic rings. The summed E-state index contributed by atoms with van der Waals surface area (Å²) in [6.07, 6.45) is 1.85. The first-order valence-electron chi connectivity index (χ1n) is 6.83. The van der Waals surface area contributed by atoms with Gasteiger partial charge in [0.05, 0.1) is 6.04 Å². The van der Waals surface area contributed by atoms with E-state index < -0.39 is 11.9 Å². The van der Waals surface area contributed by atoms with Gasteiger partial charge in [-0.2, -0.15) is 0 Å². The summed E-state index contributed by atoms with van der Waals surface area (Å²) in [5, 5.41) is 3.10. The Bertz CT molecular complexity index is 631. The first kappa shape index (κ1) is 15.6. The Morgan fingerprint density at radius 2 is 1.95 bits per heavy atom. The number of benzene rings is 1. The molecule has 0 aliphatic rings. The van der Waals surface area contributed by atoms with Gasteiger partial charge in [0.15, 0.2) is 0 Å². The Morgan fingerprint density at radius 1 is 1.24 bits per heavy atom. The molecule has 1 N–H and O–H groups in total. The van der Waals surface area contributed by atoms with Crippen LogP contribution in [-0.2, 0) is 0 Å². The molecule has 1 aromatic carbocycles. The number of nitrogens with one attached hydrogen (secondary N) is 1. The second-order valence-electron chi connectivity index (χ2n) is 5.22. The number of hydrogen-bond donors (Lipinski definition) is 1. The number of carbonyl (C=O) groups is 1. The molecule has 1 atom stereocenters. The van der Waals surface area contributed by atoms with Crippen molar-refractivity contribution in [1.82, 2.24) is 9.88 Å². The molecule has 1 amide bonds. The first-order chi connectivity index (χ1) is 9.91. The molecule has 1 aromatic heterocycles. The average molecular weight is 309 g/mol. The van der Waals surface area contributed by atoms with Crippen molar-refractivity contribution >= 4 is 17.5 Å². The summed E-state index contributed by atoms with van der Waals surface area (Å²) in [5.74, 6) is -0.671. The number of hydrogen-bond acceptors (Lipinski definition) is 1. The third-order valence-electron chi connectivity index (χ3n) is 3.35. The minimum Gasteiger partial charge on any atom is -0.344 e. The Morgan fingerprint density at radius 3 is 2.57 bits per heavy atom. The van der Waals surface area contributed by atoms with Crippen molar-refractivity contribution in [2.75, 3.05) is 0 Å². The van der Waals surface area contributed by atoms with Gasteiger partial charge in [0.25, 0.3) is 5.91 Å². The normalized spacial score (nSPS) is 12.5.